The molecule has 0 spiro atoms. The van der Waals surface area contributed by atoms with Gasteiger partial charge in [-0.25, -0.2) is 9.66 Å². The SMILES string of the molecule is Cc1cc(-c2ncn(N)c2N)ccc1Br. The molecular formula is C10H11BrN4. The number of hydrogen-bond donors (Lipinski definition) is 2. The monoisotopic (exact) mass is 266 g/mol. The van der Waals surface area contributed by atoms with Crippen molar-refractivity contribution in [3.63, 3.8) is 0 Å². The summed E-state index contributed by atoms with van der Waals surface area (Å²) in [6, 6.07) is 5.94. The average Bonchev–Trinajstić information content (AvgIpc) is 2.53. The molecule has 0 fully saturated rings. The van der Waals surface area contributed by atoms with Gasteiger partial charge in [0, 0.05) is 10.0 Å². The van der Waals surface area contributed by atoms with Crippen molar-refractivity contribution in [2.24, 2.45) is 0 Å². The fourth-order valence-electron chi connectivity index (χ4n) is 1.38. The third-order valence-corrected chi connectivity index (χ3v) is 3.15. The van der Waals surface area contributed by atoms with Gasteiger partial charge in [-0.15, -0.1) is 0 Å². The van der Waals surface area contributed by atoms with Crippen LogP contribution < -0.4 is 11.6 Å². The minimum Gasteiger partial charge on any atom is -0.382 e. The van der Waals surface area contributed by atoms with Crippen LogP contribution in [-0.4, -0.2) is 9.66 Å². The van der Waals surface area contributed by atoms with Crippen molar-refractivity contribution in [3.05, 3.63) is 34.6 Å². The van der Waals surface area contributed by atoms with E-state index in [1.165, 1.54) is 11.0 Å². The lowest BCUT2D eigenvalue weighted by molar-refractivity contribution is 1.01. The molecule has 0 amide bonds. The van der Waals surface area contributed by atoms with Crippen molar-refractivity contribution >= 4 is 21.7 Å². The van der Waals surface area contributed by atoms with E-state index in [4.69, 9.17) is 11.6 Å². The predicted molar refractivity (Wildman–Crippen MR) is 64.7 cm³/mol. The summed E-state index contributed by atoms with van der Waals surface area (Å²) in [7, 11) is 0. The second-order valence-electron chi connectivity index (χ2n) is 3.35. The molecule has 0 radical (unpaired) electrons. The third-order valence-electron chi connectivity index (χ3n) is 2.26. The van der Waals surface area contributed by atoms with Gasteiger partial charge >= 0.3 is 0 Å². The number of rotatable bonds is 1. The lowest BCUT2D eigenvalue weighted by Gasteiger charge is -2.03. The fraction of sp³-hybridized carbons (Fsp3) is 0.100. The Morgan fingerprint density at radius 3 is 2.67 bits per heavy atom. The molecule has 1 aromatic carbocycles. The van der Waals surface area contributed by atoms with Crippen LogP contribution >= 0.6 is 15.9 Å². The maximum Gasteiger partial charge on any atom is 0.150 e. The molecule has 2 aromatic rings. The number of aromatic nitrogens is 2. The summed E-state index contributed by atoms with van der Waals surface area (Å²) in [5.41, 5.74) is 8.61. The Bertz CT molecular complexity index is 504. The Hall–Kier alpha value is -1.49. The molecule has 0 saturated carbocycles. The van der Waals surface area contributed by atoms with Crippen molar-refractivity contribution < 1.29 is 0 Å². The van der Waals surface area contributed by atoms with Crippen LogP contribution in [0.15, 0.2) is 29.0 Å². The second kappa shape index (κ2) is 3.58. The number of imidazole rings is 1. The van der Waals surface area contributed by atoms with Gasteiger partial charge in [-0.1, -0.05) is 22.0 Å². The Morgan fingerprint density at radius 1 is 1.40 bits per heavy atom. The summed E-state index contributed by atoms with van der Waals surface area (Å²) in [5, 5.41) is 0. The van der Waals surface area contributed by atoms with Crippen LogP contribution in [0.3, 0.4) is 0 Å². The zero-order chi connectivity index (χ0) is 11.0. The zero-order valence-corrected chi connectivity index (χ0v) is 9.82. The van der Waals surface area contributed by atoms with Gasteiger partial charge in [-0.2, -0.15) is 0 Å². The number of hydrogen-bond acceptors (Lipinski definition) is 3. The van der Waals surface area contributed by atoms with Gasteiger partial charge in [0.25, 0.3) is 0 Å². The molecule has 0 saturated heterocycles. The fourth-order valence-corrected chi connectivity index (χ4v) is 1.63. The van der Waals surface area contributed by atoms with E-state index in [0.717, 1.165) is 15.6 Å². The van der Waals surface area contributed by atoms with Crippen molar-refractivity contribution in [2.75, 3.05) is 11.6 Å². The molecule has 1 heterocycles. The summed E-state index contributed by atoms with van der Waals surface area (Å²) in [4.78, 5) is 4.15. The minimum atomic E-state index is 0.469. The van der Waals surface area contributed by atoms with Crippen molar-refractivity contribution in [2.45, 2.75) is 6.92 Å². The molecule has 15 heavy (non-hydrogen) atoms. The molecule has 0 atom stereocenters. The topological polar surface area (TPSA) is 69.9 Å². The third kappa shape index (κ3) is 1.70. The number of benzene rings is 1. The van der Waals surface area contributed by atoms with Crippen LogP contribution in [-0.2, 0) is 0 Å². The highest BCUT2D eigenvalue weighted by molar-refractivity contribution is 9.10. The van der Waals surface area contributed by atoms with Gasteiger partial charge in [-0.3, -0.25) is 0 Å². The number of nitrogens with zero attached hydrogens (tertiary/aromatic N) is 2. The quantitative estimate of drug-likeness (QED) is 0.775. The van der Waals surface area contributed by atoms with Crippen LogP contribution in [0.1, 0.15) is 5.56 Å². The van der Waals surface area contributed by atoms with Gasteiger partial charge in [0.15, 0.2) is 0 Å². The van der Waals surface area contributed by atoms with Crippen molar-refractivity contribution in [1.82, 2.24) is 9.66 Å². The van der Waals surface area contributed by atoms with E-state index >= 15 is 0 Å². The van der Waals surface area contributed by atoms with Gasteiger partial charge in [0.05, 0.1) is 0 Å². The smallest absolute Gasteiger partial charge is 0.150 e. The van der Waals surface area contributed by atoms with E-state index in [1.54, 1.807) is 0 Å². The molecule has 5 heteroatoms. The highest BCUT2D eigenvalue weighted by Crippen LogP contribution is 2.26. The minimum absolute atomic E-state index is 0.469. The molecule has 0 aliphatic heterocycles. The van der Waals surface area contributed by atoms with Gasteiger partial charge in [0.1, 0.15) is 17.8 Å². The number of aryl methyl sites for hydroxylation is 1. The van der Waals surface area contributed by atoms with Crippen LogP contribution in [0.5, 0.6) is 0 Å². The Kier molecular flexibility index (Phi) is 2.40. The first kappa shape index (κ1) is 10.0. The first-order valence-electron chi connectivity index (χ1n) is 4.44. The lowest BCUT2D eigenvalue weighted by Crippen LogP contribution is -2.09. The second-order valence-corrected chi connectivity index (χ2v) is 4.20. The maximum absolute atomic E-state index is 5.79. The molecule has 0 aliphatic carbocycles. The Balaban J connectivity index is 2.55. The zero-order valence-electron chi connectivity index (χ0n) is 8.24. The van der Waals surface area contributed by atoms with E-state index < -0.39 is 0 Å². The largest absolute Gasteiger partial charge is 0.382 e. The number of halogens is 1. The predicted octanol–water partition coefficient (Wildman–Crippen LogP) is 1.92. The van der Waals surface area contributed by atoms with Crippen LogP contribution in [0, 0.1) is 6.92 Å². The lowest BCUT2D eigenvalue weighted by atomic mass is 10.1. The van der Waals surface area contributed by atoms with Crippen molar-refractivity contribution in [3.8, 4) is 11.3 Å². The molecule has 0 aliphatic rings. The summed E-state index contributed by atoms with van der Waals surface area (Å²) in [6.45, 7) is 2.02. The number of nitrogens with two attached hydrogens (primary N) is 2. The number of anilines is 1. The molecule has 0 bridgehead atoms. The Labute approximate surface area is 96.0 Å². The van der Waals surface area contributed by atoms with E-state index in [-0.39, 0.29) is 0 Å². The summed E-state index contributed by atoms with van der Waals surface area (Å²) >= 11 is 3.44. The van der Waals surface area contributed by atoms with Crippen molar-refractivity contribution in [1.29, 1.82) is 0 Å². The molecule has 2 rings (SSSR count). The van der Waals surface area contributed by atoms with Crippen LogP contribution in [0.25, 0.3) is 11.3 Å². The van der Waals surface area contributed by atoms with Gasteiger partial charge in [0.2, 0.25) is 0 Å². The summed E-state index contributed by atoms with van der Waals surface area (Å²) in [6.07, 6.45) is 1.50. The maximum atomic E-state index is 5.79. The summed E-state index contributed by atoms with van der Waals surface area (Å²) in [5.74, 6) is 6.04. The van der Waals surface area contributed by atoms with E-state index in [9.17, 15) is 0 Å². The van der Waals surface area contributed by atoms with Crippen LogP contribution in [0.4, 0.5) is 5.82 Å². The summed E-state index contributed by atoms with van der Waals surface area (Å²) < 4.78 is 2.38. The normalized spacial score (nSPS) is 10.5. The first-order valence-corrected chi connectivity index (χ1v) is 5.23. The first-order chi connectivity index (χ1) is 7.09. The molecule has 1 aromatic heterocycles. The van der Waals surface area contributed by atoms with E-state index in [1.807, 2.05) is 25.1 Å². The van der Waals surface area contributed by atoms with Gasteiger partial charge < -0.3 is 11.6 Å². The van der Waals surface area contributed by atoms with Gasteiger partial charge in [-0.05, 0) is 24.6 Å². The molecule has 4 N–H and O–H groups in total. The molecule has 78 valence electrons. The Morgan fingerprint density at radius 2 is 2.13 bits per heavy atom. The standard InChI is InChI=1S/C10H11BrN4/c1-6-4-7(2-3-8(6)11)9-10(12)15(13)5-14-9/h2-5H,12-13H2,1H3. The number of nitrogen functional groups attached to an aromatic ring is 2. The molecule has 0 unspecified atom stereocenters. The van der Waals surface area contributed by atoms with Crippen LogP contribution in [0.2, 0.25) is 0 Å². The average molecular weight is 267 g/mol. The van der Waals surface area contributed by atoms with E-state index in [2.05, 4.69) is 20.9 Å². The highest BCUT2D eigenvalue weighted by atomic mass is 79.9. The highest BCUT2D eigenvalue weighted by Gasteiger charge is 2.08. The van der Waals surface area contributed by atoms with E-state index in [0.29, 0.717) is 11.5 Å². The molecule has 4 nitrogen and oxygen atoms in total. The molecular weight excluding hydrogens is 256 g/mol.